The number of thiazole rings is 1. The van der Waals surface area contributed by atoms with E-state index in [1.807, 2.05) is 32.0 Å². The first-order valence-electron chi connectivity index (χ1n) is 8.52. The Bertz CT molecular complexity index is 761. The van der Waals surface area contributed by atoms with Crippen molar-refractivity contribution < 1.29 is 4.79 Å². The Hall–Kier alpha value is -2.17. The number of nitrogens with zero attached hydrogens (tertiary/aromatic N) is 3. The summed E-state index contributed by atoms with van der Waals surface area (Å²) in [7, 11) is 0. The summed E-state index contributed by atoms with van der Waals surface area (Å²) in [6.07, 6.45) is 1.69. The summed E-state index contributed by atoms with van der Waals surface area (Å²) in [6, 6.07) is 9.99. The molecule has 1 amide bonds. The van der Waals surface area contributed by atoms with E-state index in [0.29, 0.717) is 13.1 Å². The Balaban J connectivity index is 1.51. The normalized spacial score (nSPS) is 17.6. The number of likely N-dealkylation sites (tertiary alicyclic amines) is 1. The first kappa shape index (κ1) is 17.6. The molecule has 0 saturated carbocycles. The molecular weight excluding hydrogens is 334 g/mol. The minimum atomic E-state index is -0.268. The van der Waals surface area contributed by atoms with E-state index in [1.165, 1.54) is 0 Å². The lowest BCUT2D eigenvalue weighted by Crippen LogP contribution is -2.50. The highest BCUT2D eigenvalue weighted by molar-refractivity contribution is 7.22. The van der Waals surface area contributed by atoms with E-state index in [2.05, 4.69) is 27.8 Å². The van der Waals surface area contributed by atoms with Crippen molar-refractivity contribution in [3.63, 3.8) is 0 Å². The average molecular weight is 357 g/mol. The van der Waals surface area contributed by atoms with Crippen LogP contribution in [0.25, 0.3) is 10.2 Å². The molecule has 7 heteroatoms. The van der Waals surface area contributed by atoms with Crippen LogP contribution in [0.3, 0.4) is 0 Å². The number of carbonyl (C=O) groups is 1. The summed E-state index contributed by atoms with van der Waals surface area (Å²) in [6.45, 7) is 5.68. The second-order valence-corrected chi connectivity index (χ2v) is 7.98. The summed E-state index contributed by atoms with van der Waals surface area (Å²) in [5.74, 6) is -0.00267. The Morgan fingerprint density at radius 1 is 1.48 bits per heavy atom. The molecule has 25 heavy (non-hydrogen) atoms. The van der Waals surface area contributed by atoms with E-state index in [-0.39, 0.29) is 24.0 Å². The molecule has 1 saturated heterocycles. The maximum atomic E-state index is 12.3. The molecular formula is C18H23N5OS. The molecule has 1 fully saturated rings. The van der Waals surface area contributed by atoms with Crippen LogP contribution in [0.2, 0.25) is 0 Å². The molecule has 132 valence electrons. The fourth-order valence-corrected chi connectivity index (χ4v) is 3.78. The van der Waals surface area contributed by atoms with Crippen LogP contribution in [-0.2, 0) is 4.79 Å². The van der Waals surface area contributed by atoms with E-state index in [0.717, 1.165) is 28.2 Å². The number of hydrogen-bond donors (Lipinski definition) is 2. The van der Waals surface area contributed by atoms with Gasteiger partial charge in [0, 0.05) is 18.6 Å². The molecule has 0 aliphatic carbocycles. The number of rotatable bonds is 6. The molecule has 1 aromatic carbocycles. The van der Waals surface area contributed by atoms with Crippen molar-refractivity contribution in [1.82, 2.24) is 15.2 Å². The van der Waals surface area contributed by atoms with Gasteiger partial charge in [0.05, 0.1) is 22.8 Å². The number of fused-ring (bicyclic) bond motifs is 1. The third-order valence-corrected chi connectivity index (χ3v) is 5.41. The highest BCUT2D eigenvalue weighted by Crippen LogP contribution is 2.25. The van der Waals surface area contributed by atoms with Crippen molar-refractivity contribution in [2.45, 2.75) is 38.3 Å². The van der Waals surface area contributed by atoms with E-state index in [1.54, 1.807) is 16.2 Å². The summed E-state index contributed by atoms with van der Waals surface area (Å²) in [5.41, 5.74) is 0.725. The number of nitrogens with one attached hydrogen (secondary N) is 2. The Morgan fingerprint density at radius 3 is 3.04 bits per heavy atom. The molecule has 2 aromatic rings. The van der Waals surface area contributed by atoms with Crippen molar-refractivity contribution in [3.8, 4) is 6.07 Å². The number of amides is 1. The van der Waals surface area contributed by atoms with Crippen LogP contribution in [0.15, 0.2) is 24.3 Å². The summed E-state index contributed by atoms with van der Waals surface area (Å²) in [4.78, 5) is 18.6. The van der Waals surface area contributed by atoms with Crippen molar-refractivity contribution in [2.24, 2.45) is 0 Å². The Morgan fingerprint density at radius 2 is 2.28 bits per heavy atom. The number of anilines is 1. The van der Waals surface area contributed by atoms with E-state index >= 15 is 0 Å². The lowest BCUT2D eigenvalue weighted by Gasteiger charge is -2.28. The number of para-hydroxylation sites is 1. The first-order chi connectivity index (χ1) is 12.0. The van der Waals surface area contributed by atoms with Gasteiger partial charge in [-0.15, -0.1) is 0 Å². The molecule has 0 spiro atoms. The number of carbonyl (C=O) groups excluding carboxylic acids is 1. The first-order valence-corrected chi connectivity index (χ1v) is 9.34. The molecule has 2 N–H and O–H groups in total. The van der Waals surface area contributed by atoms with Gasteiger partial charge in [-0.05, 0) is 38.8 Å². The standard InChI is InChI=1S/C18H23N5OS/c1-18(2,21-11-16(24)23-9-5-6-13(23)10-19)12-20-17-22-14-7-3-4-8-15(14)25-17/h3-4,7-8,13,21H,5-6,9,11-12H2,1-2H3,(H,20,22). The number of hydrogen-bond acceptors (Lipinski definition) is 6. The van der Waals surface area contributed by atoms with Crippen molar-refractivity contribution in [2.75, 3.05) is 25.0 Å². The predicted molar refractivity (Wildman–Crippen MR) is 101 cm³/mol. The van der Waals surface area contributed by atoms with Gasteiger partial charge in [0.2, 0.25) is 5.91 Å². The van der Waals surface area contributed by atoms with Gasteiger partial charge < -0.3 is 15.5 Å². The highest BCUT2D eigenvalue weighted by Gasteiger charge is 2.29. The Kier molecular flexibility index (Phi) is 5.21. The zero-order chi connectivity index (χ0) is 17.9. The van der Waals surface area contributed by atoms with Gasteiger partial charge in [0.25, 0.3) is 0 Å². The fourth-order valence-electron chi connectivity index (χ4n) is 2.92. The number of benzene rings is 1. The van der Waals surface area contributed by atoms with Crippen LogP contribution < -0.4 is 10.6 Å². The van der Waals surface area contributed by atoms with Crippen LogP contribution in [-0.4, -0.2) is 47.0 Å². The smallest absolute Gasteiger partial charge is 0.237 e. The average Bonchev–Trinajstić information content (AvgIpc) is 3.24. The molecule has 0 radical (unpaired) electrons. The van der Waals surface area contributed by atoms with Crippen molar-refractivity contribution in [3.05, 3.63) is 24.3 Å². The minimum Gasteiger partial charge on any atom is -0.360 e. The number of nitriles is 1. The summed E-state index contributed by atoms with van der Waals surface area (Å²) < 4.78 is 1.16. The molecule has 3 rings (SSSR count). The second kappa shape index (κ2) is 7.38. The predicted octanol–water partition coefficient (Wildman–Crippen LogP) is 2.59. The van der Waals surface area contributed by atoms with Crippen LogP contribution in [0.1, 0.15) is 26.7 Å². The summed E-state index contributed by atoms with van der Waals surface area (Å²) >= 11 is 1.62. The molecule has 1 aromatic heterocycles. The molecule has 1 unspecified atom stereocenters. The minimum absolute atomic E-state index is 0.00267. The van der Waals surface area contributed by atoms with Gasteiger partial charge in [-0.3, -0.25) is 4.79 Å². The Labute approximate surface area is 151 Å². The van der Waals surface area contributed by atoms with E-state index < -0.39 is 0 Å². The quantitative estimate of drug-likeness (QED) is 0.830. The maximum absolute atomic E-state index is 12.3. The van der Waals surface area contributed by atoms with Gasteiger partial charge in [0.1, 0.15) is 6.04 Å². The zero-order valence-corrected chi connectivity index (χ0v) is 15.4. The van der Waals surface area contributed by atoms with Gasteiger partial charge in [0.15, 0.2) is 5.13 Å². The van der Waals surface area contributed by atoms with Gasteiger partial charge in [-0.1, -0.05) is 23.5 Å². The molecule has 0 bridgehead atoms. The van der Waals surface area contributed by atoms with Crippen molar-refractivity contribution in [1.29, 1.82) is 5.26 Å². The molecule has 1 atom stereocenters. The van der Waals surface area contributed by atoms with Crippen LogP contribution in [0.4, 0.5) is 5.13 Å². The highest BCUT2D eigenvalue weighted by atomic mass is 32.1. The molecule has 2 heterocycles. The second-order valence-electron chi connectivity index (χ2n) is 6.95. The van der Waals surface area contributed by atoms with E-state index in [4.69, 9.17) is 5.26 Å². The number of aromatic nitrogens is 1. The molecule has 1 aliphatic rings. The van der Waals surface area contributed by atoms with Gasteiger partial charge >= 0.3 is 0 Å². The zero-order valence-electron chi connectivity index (χ0n) is 14.6. The monoisotopic (exact) mass is 357 g/mol. The molecule has 6 nitrogen and oxygen atoms in total. The maximum Gasteiger partial charge on any atom is 0.237 e. The lowest BCUT2D eigenvalue weighted by molar-refractivity contribution is -0.130. The van der Waals surface area contributed by atoms with Crippen molar-refractivity contribution >= 4 is 32.6 Å². The molecule has 1 aliphatic heterocycles. The topological polar surface area (TPSA) is 81.1 Å². The van der Waals surface area contributed by atoms with Gasteiger partial charge in [-0.25, -0.2) is 4.98 Å². The largest absolute Gasteiger partial charge is 0.360 e. The van der Waals surface area contributed by atoms with E-state index in [9.17, 15) is 4.79 Å². The fraction of sp³-hybridized carbons (Fsp3) is 0.500. The summed E-state index contributed by atoms with van der Waals surface area (Å²) in [5, 5.41) is 16.6. The third kappa shape index (κ3) is 4.27. The van der Waals surface area contributed by atoms with Crippen LogP contribution in [0.5, 0.6) is 0 Å². The van der Waals surface area contributed by atoms with Gasteiger partial charge in [-0.2, -0.15) is 5.26 Å². The third-order valence-electron chi connectivity index (χ3n) is 4.42. The SMILES string of the molecule is CC(C)(CNc1nc2ccccc2s1)NCC(=O)N1CCCC1C#N. The van der Waals surface area contributed by atoms with Crippen LogP contribution >= 0.6 is 11.3 Å². The van der Waals surface area contributed by atoms with Crippen LogP contribution in [0, 0.1) is 11.3 Å². The lowest BCUT2D eigenvalue weighted by atomic mass is 10.1.